The largest absolute Gasteiger partial charge is 0.496 e. The van der Waals surface area contributed by atoms with E-state index >= 15 is 0 Å². The number of methoxy groups -OCH3 is 2. The molecule has 110 valence electrons. The Labute approximate surface area is 122 Å². The van der Waals surface area contributed by atoms with E-state index in [-0.39, 0.29) is 11.3 Å². The normalized spacial score (nSPS) is 10.0. The SMILES string of the molecule is COc1cc(OC)cc(Oc2cc(C)ccc2C(=O)O)c1. The maximum absolute atomic E-state index is 11.2. The van der Waals surface area contributed by atoms with E-state index in [1.54, 1.807) is 30.3 Å². The van der Waals surface area contributed by atoms with Gasteiger partial charge in [-0.15, -0.1) is 0 Å². The Kier molecular flexibility index (Phi) is 4.33. The van der Waals surface area contributed by atoms with Crippen LogP contribution in [0.2, 0.25) is 0 Å². The van der Waals surface area contributed by atoms with Gasteiger partial charge in [0.25, 0.3) is 0 Å². The smallest absolute Gasteiger partial charge is 0.339 e. The molecule has 0 aliphatic carbocycles. The summed E-state index contributed by atoms with van der Waals surface area (Å²) in [7, 11) is 3.07. The average molecular weight is 288 g/mol. The number of ether oxygens (including phenoxy) is 3. The zero-order valence-electron chi connectivity index (χ0n) is 12.0. The van der Waals surface area contributed by atoms with E-state index < -0.39 is 5.97 Å². The van der Waals surface area contributed by atoms with Crippen LogP contribution in [0.4, 0.5) is 0 Å². The molecule has 0 saturated heterocycles. The lowest BCUT2D eigenvalue weighted by Crippen LogP contribution is -2.00. The topological polar surface area (TPSA) is 65.0 Å². The van der Waals surface area contributed by atoms with E-state index in [4.69, 9.17) is 14.2 Å². The summed E-state index contributed by atoms with van der Waals surface area (Å²) < 4.78 is 16.0. The van der Waals surface area contributed by atoms with E-state index in [9.17, 15) is 9.90 Å². The molecule has 0 aliphatic heterocycles. The van der Waals surface area contributed by atoms with Crippen LogP contribution < -0.4 is 14.2 Å². The number of rotatable bonds is 5. The fourth-order valence-corrected chi connectivity index (χ4v) is 1.86. The summed E-state index contributed by atoms with van der Waals surface area (Å²) in [5.41, 5.74) is 1.01. The summed E-state index contributed by atoms with van der Waals surface area (Å²) in [4.78, 5) is 11.2. The highest BCUT2D eigenvalue weighted by Crippen LogP contribution is 2.32. The molecule has 0 fully saturated rings. The van der Waals surface area contributed by atoms with Crippen LogP contribution in [-0.2, 0) is 0 Å². The van der Waals surface area contributed by atoms with Crippen molar-refractivity contribution >= 4 is 5.97 Å². The van der Waals surface area contributed by atoms with E-state index in [0.717, 1.165) is 5.56 Å². The minimum absolute atomic E-state index is 0.0994. The average Bonchev–Trinajstić information content (AvgIpc) is 2.46. The van der Waals surface area contributed by atoms with E-state index in [2.05, 4.69) is 0 Å². The first kappa shape index (κ1) is 14.7. The number of aromatic carboxylic acids is 1. The first-order valence-electron chi connectivity index (χ1n) is 6.28. The van der Waals surface area contributed by atoms with Gasteiger partial charge in [0, 0.05) is 18.2 Å². The third kappa shape index (κ3) is 3.45. The highest BCUT2D eigenvalue weighted by molar-refractivity contribution is 5.91. The van der Waals surface area contributed by atoms with Crippen molar-refractivity contribution in [1.29, 1.82) is 0 Å². The maximum Gasteiger partial charge on any atom is 0.339 e. The molecule has 21 heavy (non-hydrogen) atoms. The standard InChI is InChI=1S/C16H16O5/c1-10-4-5-14(16(17)18)15(6-10)21-13-8-11(19-2)7-12(9-13)20-3/h4-9H,1-3H3,(H,17,18). The number of hydrogen-bond acceptors (Lipinski definition) is 4. The van der Waals surface area contributed by atoms with Crippen LogP contribution in [0.25, 0.3) is 0 Å². The van der Waals surface area contributed by atoms with Crippen LogP contribution in [0.5, 0.6) is 23.0 Å². The van der Waals surface area contributed by atoms with E-state index in [0.29, 0.717) is 17.2 Å². The Morgan fingerprint density at radius 2 is 1.52 bits per heavy atom. The van der Waals surface area contributed by atoms with Crippen LogP contribution >= 0.6 is 0 Å². The lowest BCUT2D eigenvalue weighted by molar-refractivity contribution is 0.0694. The fourth-order valence-electron chi connectivity index (χ4n) is 1.86. The summed E-state index contributed by atoms with van der Waals surface area (Å²) >= 11 is 0. The number of carbonyl (C=O) groups is 1. The Bertz CT molecular complexity index is 641. The molecule has 2 aromatic rings. The van der Waals surface area contributed by atoms with Crippen molar-refractivity contribution < 1.29 is 24.1 Å². The van der Waals surface area contributed by atoms with Gasteiger partial charge in [0.1, 0.15) is 28.6 Å². The lowest BCUT2D eigenvalue weighted by Gasteiger charge is -2.12. The van der Waals surface area contributed by atoms with Gasteiger partial charge in [-0.25, -0.2) is 4.79 Å². The molecule has 5 heteroatoms. The number of benzene rings is 2. The van der Waals surface area contributed by atoms with Gasteiger partial charge in [-0.3, -0.25) is 0 Å². The molecule has 0 spiro atoms. The number of aryl methyl sites for hydroxylation is 1. The van der Waals surface area contributed by atoms with Crippen molar-refractivity contribution in [2.75, 3.05) is 14.2 Å². The van der Waals surface area contributed by atoms with Crippen molar-refractivity contribution in [3.8, 4) is 23.0 Å². The molecule has 0 saturated carbocycles. The monoisotopic (exact) mass is 288 g/mol. The predicted molar refractivity (Wildman–Crippen MR) is 77.8 cm³/mol. The molecule has 0 atom stereocenters. The quantitative estimate of drug-likeness (QED) is 0.912. The van der Waals surface area contributed by atoms with Crippen LogP contribution in [0.15, 0.2) is 36.4 Å². The predicted octanol–water partition coefficient (Wildman–Crippen LogP) is 3.50. The number of carboxylic acids is 1. The Hall–Kier alpha value is -2.69. The number of hydrogen-bond donors (Lipinski definition) is 1. The second kappa shape index (κ2) is 6.17. The van der Waals surface area contributed by atoms with Gasteiger partial charge in [0.2, 0.25) is 0 Å². The molecule has 0 aromatic heterocycles. The first-order valence-corrected chi connectivity index (χ1v) is 6.28. The lowest BCUT2D eigenvalue weighted by atomic mass is 10.1. The molecular weight excluding hydrogens is 272 g/mol. The van der Waals surface area contributed by atoms with Crippen LogP contribution in [0.1, 0.15) is 15.9 Å². The summed E-state index contributed by atoms with van der Waals surface area (Å²) in [6.07, 6.45) is 0. The molecule has 2 rings (SSSR count). The fraction of sp³-hybridized carbons (Fsp3) is 0.188. The van der Waals surface area contributed by atoms with Gasteiger partial charge in [-0.2, -0.15) is 0 Å². The molecule has 0 unspecified atom stereocenters. The molecule has 0 aliphatic rings. The van der Waals surface area contributed by atoms with Gasteiger partial charge in [-0.05, 0) is 24.6 Å². The van der Waals surface area contributed by atoms with Crippen molar-refractivity contribution in [3.05, 3.63) is 47.5 Å². The third-order valence-corrected chi connectivity index (χ3v) is 2.92. The minimum Gasteiger partial charge on any atom is -0.496 e. The van der Waals surface area contributed by atoms with E-state index in [1.807, 2.05) is 6.92 Å². The summed E-state index contributed by atoms with van der Waals surface area (Å²) in [5.74, 6) is 0.805. The zero-order valence-corrected chi connectivity index (χ0v) is 12.0. The van der Waals surface area contributed by atoms with Crippen LogP contribution in [-0.4, -0.2) is 25.3 Å². The Morgan fingerprint density at radius 3 is 2.05 bits per heavy atom. The summed E-state index contributed by atoms with van der Waals surface area (Å²) in [6, 6.07) is 9.95. The molecule has 2 aromatic carbocycles. The van der Waals surface area contributed by atoms with Gasteiger partial charge >= 0.3 is 5.97 Å². The molecule has 1 N–H and O–H groups in total. The maximum atomic E-state index is 11.2. The molecule has 0 amide bonds. The van der Waals surface area contributed by atoms with Crippen molar-refractivity contribution in [1.82, 2.24) is 0 Å². The number of carboxylic acid groups (broad SMARTS) is 1. The van der Waals surface area contributed by atoms with Crippen LogP contribution in [0.3, 0.4) is 0 Å². The summed E-state index contributed by atoms with van der Waals surface area (Å²) in [5, 5.41) is 9.21. The second-order valence-electron chi connectivity index (χ2n) is 4.46. The molecule has 5 nitrogen and oxygen atoms in total. The highest BCUT2D eigenvalue weighted by Gasteiger charge is 2.13. The molecule has 0 heterocycles. The molecular formula is C16H16O5. The van der Waals surface area contributed by atoms with Gasteiger partial charge in [-0.1, -0.05) is 6.07 Å². The Balaban J connectivity index is 2.42. The van der Waals surface area contributed by atoms with Gasteiger partial charge in [0.05, 0.1) is 14.2 Å². The van der Waals surface area contributed by atoms with E-state index in [1.165, 1.54) is 20.3 Å². The zero-order chi connectivity index (χ0) is 15.4. The van der Waals surface area contributed by atoms with Crippen molar-refractivity contribution in [2.45, 2.75) is 6.92 Å². The third-order valence-electron chi connectivity index (χ3n) is 2.92. The van der Waals surface area contributed by atoms with Gasteiger partial charge in [0.15, 0.2) is 0 Å². The van der Waals surface area contributed by atoms with Crippen LogP contribution in [0, 0.1) is 6.92 Å². The minimum atomic E-state index is -1.04. The summed E-state index contributed by atoms with van der Waals surface area (Å²) in [6.45, 7) is 1.87. The molecule has 0 bridgehead atoms. The van der Waals surface area contributed by atoms with Crippen molar-refractivity contribution in [3.63, 3.8) is 0 Å². The highest BCUT2D eigenvalue weighted by atomic mass is 16.5. The first-order chi connectivity index (χ1) is 10.0. The van der Waals surface area contributed by atoms with Gasteiger partial charge < -0.3 is 19.3 Å². The Morgan fingerprint density at radius 1 is 0.952 bits per heavy atom. The second-order valence-corrected chi connectivity index (χ2v) is 4.46. The van der Waals surface area contributed by atoms with Crippen molar-refractivity contribution in [2.24, 2.45) is 0 Å². The molecule has 0 radical (unpaired) electrons.